The Kier molecular flexibility index (Phi) is 2.05. The van der Waals surface area contributed by atoms with Crippen molar-refractivity contribution in [1.29, 1.82) is 0 Å². The molecule has 68 valence electrons. The fourth-order valence-corrected chi connectivity index (χ4v) is 1.52. The van der Waals surface area contributed by atoms with Gasteiger partial charge in [0.2, 0.25) is 0 Å². The number of hydrogen-bond acceptors (Lipinski definition) is 2. The molecule has 0 amide bonds. The molecule has 0 radical (unpaired) electrons. The van der Waals surface area contributed by atoms with Crippen molar-refractivity contribution in [1.82, 2.24) is 4.98 Å². The Hall–Kier alpha value is -1.31. The molecule has 2 nitrogen and oxygen atoms in total. The minimum Gasteiger partial charge on any atom is -0.443 e. The van der Waals surface area contributed by atoms with E-state index in [1.807, 2.05) is 12.1 Å². The van der Waals surface area contributed by atoms with E-state index in [1.165, 1.54) is 12.0 Å². The molecule has 0 N–H and O–H groups in total. The molecule has 0 aliphatic heterocycles. The summed E-state index contributed by atoms with van der Waals surface area (Å²) in [4.78, 5) is 4.13. The van der Waals surface area contributed by atoms with Crippen LogP contribution in [0.25, 0.3) is 11.1 Å². The average molecular weight is 175 g/mol. The fourth-order valence-electron chi connectivity index (χ4n) is 1.52. The highest BCUT2D eigenvalue weighted by Crippen LogP contribution is 2.26. The van der Waals surface area contributed by atoms with Crippen molar-refractivity contribution in [2.24, 2.45) is 0 Å². The molecule has 13 heavy (non-hydrogen) atoms. The van der Waals surface area contributed by atoms with E-state index in [9.17, 15) is 0 Å². The van der Waals surface area contributed by atoms with Crippen molar-refractivity contribution in [2.75, 3.05) is 0 Å². The molecular weight excluding hydrogens is 162 g/mol. The summed E-state index contributed by atoms with van der Waals surface area (Å²) in [5.41, 5.74) is 3.16. The molecule has 2 aromatic rings. The number of para-hydroxylation sites is 1. The molecule has 0 aliphatic rings. The van der Waals surface area contributed by atoms with Gasteiger partial charge >= 0.3 is 0 Å². The topological polar surface area (TPSA) is 26.0 Å². The Morgan fingerprint density at radius 2 is 2.31 bits per heavy atom. The number of hydrogen-bond donors (Lipinski definition) is 0. The second kappa shape index (κ2) is 3.21. The molecule has 0 saturated carbocycles. The smallest absolute Gasteiger partial charge is 0.181 e. The normalized spacial score (nSPS) is 13.4. The van der Waals surface area contributed by atoms with Crippen LogP contribution < -0.4 is 0 Å². The van der Waals surface area contributed by atoms with Crippen LogP contribution in [0.1, 0.15) is 31.7 Å². The first-order chi connectivity index (χ1) is 6.33. The van der Waals surface area contributed by atoms with Crippen LogP contribution in [0.3, 0.4) is 0 Å². The third-order valence-corrected chi connectivity index (χ3v) is 2.53. The van der Waals surface area contributed by atoms with Crippen molar-refractivity contribution < 1.29 is 4.42 Å². The summed E-state index contributed by atoms with van der Waals surface area (Å²) >= 11 is 0. The fraction of sp³-hybridized carbons (Fsp3) is 0.364. The minimum absolute atomic E-state index is 0.539. The Balaban J connectivity index is 2.60. The van der Waals surface area contributed by atoms with E-state index in [-0.39, 0.29) is 0 Å². The average Bonchev–Trinajstić information content (AvgIpc) is 2.63. The largest absolute Gasteiger partial charge is 0.443 e. The number of aromatic nitrogens is 1. The molecule has 1 heterocycles. The SMILES string of the molecule is CCC(C)c1cccc2ncoc12. The van der Waals surface area contributed by atoms with Crippen LogP contribution in [0.2, 0.25) is 0 Å². The monoisotopic (exact) mass is 175 g/mol. The van der Waals surface area contributed by atoms with Crippen LogP contribution in [-0.2, 0) is 0 Å². The first-order valence-corrected chi connectivity index (χ1v) is 4.65. The molecule has 0 spiro atoms. The summed E-state index contributed by atoms with van der Waals surface area (Å²) in [6.45, 7) is 4.39. The molecule has 1 aromatic heterocycles. The predicted octanol–water partition coefficient (Wildman–Crippen LogP) is 3.34. The molecule has 2 rings (SSSR count). The van der Waals surface area contributed by atoms with Gasteiger partial charge in [-0.1, -0.05) is 26.0 Å². The summed E-state index contributed by atoms with van der Waals surface area (Å²) in [5, 5.41) is 0. The lowest BCUT2D eigenvalue weighted by atomic mass is 9.98. The zero-order valence-corrected chi connectivity index (χ0v) is 7.95. The summed E-state index contributed by atoms with van der Waals surface area (Å²) in [6, 6.07) is 6.12. The Morgan fingerprint density at radius 1 is 1.46 bits per heavy atom. The van der Waals surface area contributed by atoms with Gasteiger partial charge in [0.1, 0.15) is 5.52 Å². The van der Waals surface area contributed by atoms with Crippen LogP contribution in [0.5, 0.6) is 0 Å². The van der Waals surface area contributed by atoms with Crippen LogP contribution in [-0.4, -0.2) is 4.98 Å². The summed E-state index contributed by atoms with van der Waals surface area (Å²) in [5.74, 6) is 0.539. The Bertz CT molecular complexity index is 405. The highest BCUT2D eigenvalue weighted by molar-refractivity contribution is 5.76. The zero-order valence-electron chi connectivity index (χ0n) is 7.95. The van der Waals surface area contributed by atoms with Crippen LogP contribution in [0.4, 0.5) is 0 Å². The van der Waals surface area contributed by atoms with Crippen LogP contribution >= 0.6 is 0 Å². The molecular formula is C11H13NO. The molecule has 0 aliphatic carbocycles. The number of rotatable bonds is 2. The number of nitrogens with zero attached hydrogens (tertiary/aromatic N) is 1. The second-order valence-electron chi connectivity index (χ2n) is 3.36. The number of benzene rings is 1. The van der Waals surface area contributed by atoms with Crippen molar-refractivity contribution in [2.45, 2.75) is 26.2 Å². The molecule has 1 aromatic carbocycles. The minimum atomic E-state index is 0.539. The maximum Gasteiger partial charge on any atom is 0.181 e. The van der Waals surface area contributed by atoms with Gasteiger partial charge in [-0.05, 0) is 24.0 Å². The zero-order chi connectivity index (χ0) is 9.26. The van der Waals surface area contributed by atoms with Gasteiger partial charge in [-0.25, -0.2) is 4.98 Å². The van der Waals surface area contributed by atoms with E-state index in [2.05, 4.69) is 24.9 Å². The molecule has 1 atom stereocenters. The van der Waals surface area contributed by atoms with Crippen LogP contribution in [0, 0.1) is 0 Å². The van der Waals surface area contributed by atoms with Crippen molar-refractivity contribution >= 4 is 11.1 Å². The third kappa shape index (κ3) is 1.32. The van der Waals surface area contributed by atoms with Gasteiger partial charge in [-0.2, -0.15) is 0 Å². The van der Waals surface area contributed by atoms with Crippen molar-refractivity contribution in [3.63, 3.8) is 0 Å². The van der Waals surface area contributed by atoms with E-state index in [0.717, 1.165) is 17.5 Å². The van der Waals surface area contributed by atoms with Gasteiger partial charge in [0.25, 0.3) is 0 Å². The summed E-state index contributed by atoms with van der Waals surface area (Å²) in [6.07, 6.45) is 2.64. The van der Waals surface area contributed by atoms with Gasteiger partial charge in [0.05, 0.1) is 0 Å². The van der Waals surface area contributed by atoms with E-state index < -0.39 is 0 Å². The Labute approximate surface area is 77.6 Å². The van der Waals surface area contributed by atoms with Gasteiger partial charge in [0, 0.05) is 0 Å². The molecule has 0 bridgehead atoms. The van der Waals surface area contributed by atoms with Gasteiger partial charge in [-0.15, -0.1) is 0 Å². The first-order valence-electron chi connectivity index (χ1n) is 4.65. The standard InChI is InChI=1S/C11H13NO/c1-3-8(2)9-5-4-6-10-11(9)13-7-12-10/h4-8H,3H2,1-2H3. The second-order valence-corrected chi connectivity index (χ2v) is 3.36. The molecule has 0 fully saturated rings. The van der Waals surface area contributed by atoms with Crippen molar-refractivity contribution in [3.8, 4) is 0 Å². The number of oxazole rings is 1. The molecule has 0 saturated heterocycles. The molecule has 1 unspecified atom stereocenters. The van der Waals surface area contributed by atoms with Crippen molar-refractivity contribution in [3.05, 3.63) is 30.2 Å². The Morgan fingerprint density at radius 3 is 3.08 bits per heavy atom. The highest BCUT2D eigenvalue weighted by atomic mass is 16.3. The quantitative estimate of drug-likeness (QED) is 0.699. The first kappa shape index (κ1) is 8.30. The predicted molar refractivity (Wildman–Crippen MR) is 52.7 cm³/mol. The lowest BCUT2D eigenvalue weighted by Crippen LogP contribution is -1.91. The molecule has 2 heteroatoms. The highest BCUT2D eigenvalue weighted by Gasteiger charge is 2.09. The van der Waals surface area contributed by atoms with Gasteiger partial charge < -0.3 is 4.42 Å². The third-order valence-electron chi connectivity index (χ3n) is 2.53. The van der Waals surface area contributed by atoms with E-state index in [1.54, 1.807) is 0 Å². The maximum absolute atomic E-state index is 5.36. The lowest BCUT2D eigenvalue weighted by Gasteiger charge is -2.07. The van der Waals surface area contributed by atoms with E-state index in [0.29, 0.717) is 5.92 Å². The lowest BCUT2D eigenvalue weighted by molar-refractivity contribution is 0.590. The van der Waals surface area contributed by atoms with E-state index >= 15 is 0 Å². The van der Waals surface area contributed by atoms with Crippen LogP contribution in [0.15, 0.2) is 29.0 Å². The van der Waals surface area contributed by atoms with Gasteiger partial charge in [0.15, 0.2) is 12.0 Å². The summed E-state index contributed by atoms with van der Waals surface area (Å²) in [7, 11) is 0. The maximum atomic E-state index is 5.36. The van der Waals surface area contributed by atoms with Gasteiger partial charge in [-0.3, -0.25) is 0 Å². The number of fused-ring (bicyclic) bond motifs is 1. The summed E-state index contributed by atoms with van der Waals surface area (Å²) < 4.78 is 5.36. The van der Waals surface area contributed by atoms with E-state index in [4.69, 9.17) is 4.42 Å².